The maximum atomic E-state index is 14.1. The summed E-state index contributed by atoms with van der Waals surface area (Å²) in [5, 5.41) is 14.9. The van der Waals surface area contributed by atoms with Gasteiger partial charge in [-0.25, -0.2) is 4.79 Å². The number of aliphatic hydroxyl groups excluding tert-OH is 1. The number of methoxy groups -OCH3 is 1. The molecule has 15 heteroatoms. The topological polar surface area (TPSA) is 190 Å². The Morgan fingerprint density at radius 3 is 2.39 bits per heavy atom. The third-order valence-corrected chi connectivity index (χ3v) is 10.8. The van der Waals surface area contributed by atoms with Crippen LogP contribution in [0.1, 0.15) is 87.0 Å². The van der Waals surface area contributed by atoms with Crippen LogP contribution in [0.3, 0.4) is 0 Å². The molecule has 3 fully saturated rings. The summed E-state index contributed by atoms with van der Waals surface area (Å²) in [6.07, 6.45) is -3.18. The summed E-state index contributed by atoms with van der Waals surface area (Å²) in [7, 11) is 5.19. The van der Waals surface area contributed by atoms with E-state index in [-0.39, 0.29) is 50.3 Å². The summed E-state index contributed by atoms with van der Waals surface area (Å²) in [4.78, 5) is 61.4. The van der Waals surface area contributed by atoms with E-state index in [4.69, 9.17) is 29.2 Å². The molecule has 0 bridgehead atoms. The second-order valence-corrected chi connectivity index (χ2v) is 14.6. The number of ketones is 2. The molecule has 0 aliphatic carbocycles. The lowest BCUT2D eigenvalue weighted by Crippen LogP contribution is -2.59. The van der Waals surface area contributed by atoms with Crippen LogP contribution >= 0.6 is 0 Å². The number of amides is 1. The average molecular weight is 696 g/mol. The minimum Gasteiger partial charge on any atom is -0.458 e. The standard InChI is InChI=1S/C34H57N5O10/c1-11-26-34(7)25(39(32(44)49-34)15-13-12-14-36-37-35)17-24(40)19(2)18-33(6,45-10)29(21(4)27(41)22(5)30(43)47-26)48-31-28(42)23(38(8)9)16-20(3)46-31/h19-23,25-26,28-29,31,42H,11-18H2,1-10H3/t19-,20-,21+,22-,23?,25-,26-,28-,29-,31+,33-,34+/m1/s1. The van der Waals surface area contributed by atoms with Gasteiger partial charge in [-0.15, -0.1) is 0 Å². The van der Waals surface area contributed by atoms with Crippen LogP contribution in [0.2, 0.25) is 0 Å². The fourth-order valence-electron chi connectivity index (χ4n) is 7.63. The molecule has 0 aromatic heterocycles. The molecule has 1 N–H and O–H groups in total. The van der Waals surface area contributed by atoms with Gasteiger partial charge in [-0.1, -0.05) is 25.9 Å². The predicted octanol–water partition coefficient (Wildman–Crippen LogP) is 4.03. The molecule has 3 aliphatic heterocycles. The van der Waals surface area contributed by atoms with Crippen molar-refractivity contribution in [1.82, 2.24) is 9.80 Å². The van der Waals surface area contributed by atoms with Crippen molar-refractivity contribution in [3.05, 3.63) is 10.4 Å². The number of cyclic esters (lactones) is 1. The van der Waals surface area contributed by atoms with Crippen molar-refractivity contribution < 1.29 is 48.0 Å². The quantitative estimate of drug-likeness (QED) is 0.0867. The summed E-state index contributed by atoms with van der Waals surface area (Å²) < 4.78 is 30.6. The number of carbonyl (C=O) groups is 4. The van der Waals surface area contributed by atoms with Crippen molar-refractivity contribution in [1.29, 1.82) is 0 Å². The lowest BCUT2D eigenvalue weighted by atomic mass is 9.76. The van der Waals surface area contributed by atoms with Crippen molar-refractivity contribution >= 4 is 23.6 Å². The SMILES string of the molecule is CC[C@H]1OC(=O)[C@H](C)C(=O)[C@H](C)[C@@H](O[C@@H]2O[C@H](C)CC(N(C)C)[C@H]2O)[C@](C)(OC)C[C@@H](C)C(=O)C[C@H]2N(CCCCN=[N+]=[N-])C(=O)O[C@]12C. The fourth-order valence-corrected chi connectivity index (χ4v) is 7.63. The minimum atomic E-state index is -1.38. The number of hydrogen-bond donors (Lipinski definition) is 1. The first-order valence-electron chi connectivity index (χ1n) is 17.4. The summed E-state index contributed by atoms with van der Waals surface area (Å²) in [5.41, 5.74) is 5.98. The average Bonchev–Trinajstić information content (AvgIpc) is 3.29. The van der Waals surface area contributed by atoms with Gasteiger partial charge in [0.15, 0.2) is 17.7 Å². The van der Waals surface area contributed by atoms with Gasteiger partial charge in [-0.2, -0.15) is 0 Å². The maximum absolute atomic E-state index is 14.1. The Balaban J connectivity index is 2.05. The number of likely N-dealkylation sites (N-methyl/N-ethyl adjacent to an activating group) is 1. The zero-order valence-corrected chi connectivity index (χ0v) is 30.8. The van der Waals surface area contributed by atoms with Crippen molar-refractivity contribution in [3.63, 3.8) is 0 Å². The Hall–Kier alpha value is -2.81. The number of carbonyl (C=O) groups excluding carboxylic acids is 4. The Morgan fingerprint density at radius 1 is 1.12 bits per heavy atom. The van der Waals surface area contributed by atoms with Crippen molar-refractivity contribution in [3.8, 4) is 0 Å². The Labute approximate surface area is 289 Å². The number of azide groups is 1. The summed E-state index contributed by atoms with van der Waals surface area (Å²) in [6, 6.07) is -1.06. The number of unbranched alkanes of at least 4 members (excludes halogenated alkanes) is 1. The van der Waals surface area contributed by atoms with Gasteiger partial charge in [0.25, 0.3) is 0 Å². The van der Waals surface area contributed by atoms with Crippen molar-refractivity contribution in [2.24, 2.45) is 22.9 Å². The number of hydrogen-bond acceptors (Lipinski definition) is 12. The first-order valence-corrected chi connectivity index (χ1v) is 17.4. The number of rotatable bonds is 10. The third kappa shape index (κ3) is 8.92. The van der Waals surface area contributed by atoms with Crippen LogP contribution in [-0.4, -0.2) is 127 Å². The highest BCUT2D eigenvalue weighted by molar-refractivity contribution is 6.00. The van der Waals surface area contributed by atoms with Gasteiger partial charge in [-0.05, 0) is 79.4 Å². The van der Waals surface area contributed by atoms with Crippen LogP contribution in [0.25, 0.3) is 10.4 Å². The number of esters is 1. The molecule has 3 saturated heterocycles. The molecule has 0 radical (unpaired) electrons. The molecule has 15 nitrogen and oxygen atoms in total. The summed E-state index contributed by atoms with van der Waals surface area (Å²) in [5.74, 6) is -4.25. The minimum absolute atomic E-state index is 0.0877. The first-order chi connectivity index (χ1) is 22.9. The molecule has 0 aromatic rings. The van der Waals surface area contributed by atoms with E-state index < -0.39 is 77.4 Å². The van der Waals surface area contributed by atoms with Crippen LogP contribution < -0.4 is 0 Å². The fraction of sp³-hybridized carbons (Fsp3) is 0.882. The predicted molar refractivity (Wildman–Crippen MR) is 178 cm³/mol. The Morgan fingerprint density at radius 2 is 1.80 bits per heavy atom. The van der Waals surface area contributed by atoms with E-state index in [0.29, 0.717) is 19.3 Å². The lowest BCUT2D eigenvalue weighted by Gasteiger charge is -2.46. The molecule has 3 aliphatic rings. The number of Topliss-reactive ketones (excluding diaryl/α,β-unsaturated/α-hetero) is 2. The summed E-state index contributed by atoms with van der Waals surface area (Å²) >= 11 is 0. The van der Waals surface area contributed by atoms with E-state index in [9.17, 15) is 24.3 Å². The van der Waals surface area contributed by atoms with Gasteiger partial charge in [-0.3, -0.25) is 14.4 Å². The van der Waals surface area contributed by atoms with Gasteiger partial charge in [0.1, 0.15) is 23.9 Å². The Kier molecular flexibility index (Phi) is 14.0. The largest absolute Gasteiger partial charge is 0.458 e. The van der Waals surface area contributed by atoms with E-state index in [1.807, 2.05) is 25.9 Å². The number of aliphatic hydroxyl groups is 1. The molecule has 0 saturated carbocycles. The van der Waals surface area contributed by atoms with E-state index in [2.05, 4.69) is 10.0 Å². The van der Waals surface area contributed by atoms with Crippen LogP contribution in [0, 0.1) is 17.8 Å². The third-order valence-electron chi connectivity index (χ3n) is 10.8. The molecule has 12 atom stereocenters. The van der Waals surface area contributed by atoms with Crippen LogP contribution in [0.4, 0.5) is 4.79 Å². The van der Waals surface area contributed by atoms with Gasteiger partial charge >= 0.3 is 12.1 Å². The first kappa shape index (κ1) is 40.6. The molecule has 0 aromatic carbocycles. The van der Waals surface area contributed by atoms with Crippen LogP contribution in [-0.2, 0) is 38.1 Å². The molecular weight excluding hydrogens is 638 g/mol. The smallest absolute Gasteiger partial charge is 0.410 e. The molecule has 3 heterocycles. The number of ether oxygens (including phenoxy) is 5. The molecule has 3 rings (SSSR count). The number of fused-ring (bicyclic) bond motifs is 1. The highest BCUT2D eigenvalue weighted by Gasteiger charge is 2.58. The highest BCUT2D eigenvalue weighted by atomic mass is 16.7. The van der Waals surface area contributed by atoms with Crippen LogP contribution in [0.5, 0.6) is 0 Å². The zero-order chi connectivity index (χ0) is 36.8. The van der Waals surface area contributed by atoms with Gasteiger partial charge in [0, 0.05) is 49.4 Å². The molecule has 0 spiro atoms. The maximum Gasteiger partial charge on any atom is 0.410 e. The van der Waals surface area contributed by atoms with E-state index in [0.717, 1.165) is 0 Å². The van der Waals surface area contributed by atoms with E-state index in [1.165, 1.54) is 18.9 Å². The molecule has 1 amide bonds. The number of nitrogens with zero attached hydrogens (tertiary/aromatic N) is 5. The second kappa shape index (κ2) is 16.9. The van der Waals surface area contributed by atoms with E-state index in [1.54, 1.807) is 34.6 Å². The van der Waals surface area contributed by atoms with Gasteiger partial charge in [0.2, 0.25) is 0 Å². The zero-order valence-electron chi connectivity index (χ0n) is 30.8. The molecular formula is C34H57N5O10. The lowest BCUT2D eigenvalue weighted by molar-refractivity contribution is -0.295. The van der Waals surface area contributed by atoms with E-state index >= 15 is 0 Å². The molecule has 278 valence electrons. The van der Waals surface area contributed by atoms with Gasteiger partial charge < -0.3 is 38.6 Å². The van der Waals surface area contributed by atoms with Gasteiger partial charge in [0.05, 0.1) is 23.9 Å². The summed E-state index contributed by atoms with van der Waals surface area (Å²) in [6.45, 7) is 12.5. The monoisotopic (exact) mass is 695 g/mol. The molecule has 1 unspecified atom stereocenters. The highest BCUT2D eigenvalue weighted by Crippen LogP contribution is 2.41. The normalized spacial score (nSPS) is 39.6. The van der Waals surface area contributed by atoms with Crippen LogP contribution in [0.15, 0.2) is 5.11 Å². The second-order valence-electron chi connectivity index (χ2n) is 14.6. The van der Waals surface area contributed by atoms with Crippen molar-refractivity contribution in [2.45, 2.75) is 141 Å². The Bertz CT molecular complexity index is 1250. The van der Waals surface area contributed by atoms with Crippen molar-refractivity contribution in [2.75, 3.05) is 34.3 Å². The molecule has 49 heavy (non-hydrogen) atoms.